The Hall–Kier alpha value is -2.59. The summed E-state index contributed by atoms with van der Waals surface area (Å²) in [5, 5.41) is 3.18. The van der Waals surface area contributed by atoms with Crippen LogP contribution in [0.2, 0.25) is 0 Å². The van der Waals surface area contributed by atoms with Crippen molar-refractivity contribution in [2.24, 2.45) is 0 Å². The lowest BCUT2D eigenvalue weighted by Gasteiger charge is -2.09. The maximum Gasteiger partial charge on any atom is 0.336 e. The summed E-state index contributed by atoms with van der Waals surface area (Å²) >= 11 is 0. The van der Waals surface area contributed by atoms with Crippen LogP contribution in [0.5, 0.6) is 5.75 Å². The van der Waals surface area contributed by atoms with Crippen molar-refractivity contribution in [2.75, 3.05) is 7.11 Å². The predicted octanol–water partition coefficient (Wildman–Crippen LogP) is 2.68. The molecule has 0 saturated heterocycles. The minimum atomic E-state index is -0.300. The molecule has 1 heterocycles. The molecule has 3 rings (SSSR count). The molecule has 2 aromatic carbocycles. The zero-order valence-electron chi connectivity index (χ0n) is 14.3. The van der Waals surface area contributed by atoms with Gasteiger partial charge in [0.25, 0.3) is 0 Å². The third-order valence-electron chi connectivity index (χ3n) is 4.37. The van der Waals surface area contributed by atoms with Crippen molar-refractivity contribution in [1.82, 2.24) is 0 Å². The molecule has 1 aromatic heterocycles. The van der Waals surface area contributed by atoms with Gasteiger partial charge in [0.1, 0.15) is 24.4 Å². The summed E-state index contributed by atoms with van der Waals surface area (Å²) < 4.78 is 10.7. The van der Waals surface area contributed by atoms with Gasteiger partial charge in [0.2, 0.25) is 0 Å². The maximum absolute atomic E-state index is 11.8. The molecule has 0 aliphatic carbocycles. The largest absolute Gasteiger partial charge is 0.496 e. The van der Waals surface area contributed by atoms with Gasteiger partial charge in [0.15, 0.2) is 0 Å². The van der Waals surface area contributed by atoms with Crippen molar-refractivity contribution in [3.05, 3.63) is 75.1 Å². The van der Waals surface area contributed by atoms with E-state index in [1.807, 2.05) is 31.2 Å². The van der Waals surface area contributed by atoms with Crippen LogP contribution in [0.3, 0.4) is 0 Å². The number of para-hydroxylation sites is 1. The Morgan fingerprint density at radius 1 is 1.00 bits per heavy atom. The molecule has 0 aliphatic rings. The van der Waals surface area contributed by atoms with Gasteiger partial charge in [-0.15, -0.1) is 0 Å². The number of hydrogen-bond acceptors (Lipinski definition) is 3. The van der Waals surface area contributed by atoms with Crippen LogP contribution in [0.1, 0.15) is 22.3 Å². The van der Waals surface area contributed by atoms with E-state index in [0.717, 1.165) is 34.4 Å². The molecular weight excluding hydrogens is 302 g/mol. The lowest BCUT2D eigenvalue weighted by Crippen LogP contribution is -2.80. The van der Waals surface area contributed by atoms with E-state index in [1.165, 1.54) is 5.56 Å². The van der Waals surface area contributed by atoms with Gasteiger partial charge in [0.05, 0.1) is 7.11 Å². The van der Waals surface area contributed by atoms with E-state index in [-0.39, 0.29) is 5.63 Å². The lowest BCUT2D eigenvalue weighted by atomic mass is 10.0. The van der Waals surface area contributed by atoms with Crippen LogP contribution in [0.4, 0.5) is 0 Å². The topological polar surface area (TPSA) is 56.0 Å². The van der Waals surface area contributed by atoms with Gasteiger partial charge >= 0.3 is 5.63 Å². The van der Waals surface area contributed by atoms with Gasteiger partial charge in [-0.1, -0.05) is 12.1 Å². The minimum Gasteiger partial charge on any atom is -0.496 e. The molecule has 4 nitrogen and oxygen atoms in total. The van der Waals surface area contributed by atoms with E-state index in [0.29, 0.717) is 12.1 Å². The first kappa shape index (κ1) is 16.3. The van der Waals surface area contributed by atoms with Crippen LogP contribution in [0.15, 0.2) is 51.7 Å². The van der Waals surface area contributed by atoms with Crippen LogP contribution in [-0.2, 0) is 13.1 Å². The van der Waals surface area contributed by atoms with Crippen LogP contribution >= 0.6 is 0 Å². The normalized spacial score (nSPS) is 11.0. The highest BCUT2D eigenvalue weighted by molar-refractivity contribution is 5.81. The van der Waals surface area contributed by atoms with Crippen LogP contribution < -0.4 is 15.7 Å². The maximum atomic E-state index is 11.8. The fraction of sp³-hybridized carbons (Fsp3) is 0.250. The highest BCUT2D eigenvalue weighted by Crippen LogP contribution is 2.21. The highest BCUT2D eigenvalue weighted by Gasteiger charge is 2.10. The second-order valence-corrected chi connectivity index (χ2v) is 6.03. The van der Waals surface area contributed by atoms with Crippen molar-refractivity contribution in [3.63, 3.8) is 0 Å². The van der Waals surface area contributed by atoms with E-state index >= 15 is 0 Å². The van der Waals surface area contributed by atoms with Gasteiger partial charge < -0.3 is 14.5 Å². The van der Waals surface area contributed by atoms with Gasteiger partial charge in [-0.25, -0.2) is 4.79 Å². The number of fused-ring (bicyclic) bond motifs is 1. The average Bonchev–Trinajstić information content (AvgIpc) is 2.57. The molecule has 3 aromatic rings. The number of ether oxygens (including phenoxy) is 1. The molecule has 0 bridgehead atoms. The van der Waals surface area contributed by atoms with Crippen molar-refractivity contribution in [2.45, 2.75) is 26.9 Å². The van der Waals surface area contributed by atoms with Gasteiger partial charge in [-0.2, -0.15) is 0 Å². The van der Waals surface area contributed by atoms with E-state index < -0.39 is 0 Å². The fourth-order valence-corrected chi connectivity index (χ4v) is 2.91. The predicted molar refractivity (Wildman–Crippen MR) is 94.3 cm³/mol. The number of quaternary nitrogens is 1. The number of nitrogens with two attached hydrogens (primary N) is 1. The van der Waals surface area contributed by atoms with Gasteiger partial charge in [0, 0.05) is 22.6 Å². The quantitative estimate of drug-likeness (QED) is 0.734. The lowest BCUT2D eigenvalue weighted by molar-refractivity contribution is -0.686. The molecule has 0 fully saturated rings. The molecule has 0 radical (unpaired) electrons. The van der Waals surface area contributed by atoms with Crippen LogP contribution in [0.25, 0.3) is 11.0 Å². The summed E-state index contributed by atoms with van der Waals surface area (Å²) in [5.41, 5.74) is 4.82. The molecule has 0 unspecified atom stereocenters. The first-order valence-electron chi connectivity index (χ1n) is 8.06. The fourth-order valence-electron chi connectivity index (χ4n) is 2.91. The second-order valence-electron chi connectivity index (χ2n) is 6.03. The van der Waals surface area contributed by atoms with Gasteiger partial charge in [-0.05, 0) is 49.2 Å². The van der Waals surface area contributed by atoms with E-state index in [4.69, 9.17) is 9.15 Å². The smallest absolute Gasteiger partial charge is 0.336 e. The van der Waals surface area contributed by atoms with E-state index in [2.05, 4.69) is 24.4 Å². The molecular formula is C20H22NO3+. The van der Waals surface area contributed by atoms with E-state index in [9.17, 15) is 4.79 Å². The van der Waals surface area contributed by atoms with Gasteiger partial charge in [-0.3, -0.25) is 0 Å². The summed E-state index contributed by atoms with van der Waals surface area (Å²) in [5.74, 6) is 0.887. The number of rotatable bonds is 5. The molecule has 124 valence electrons. The minimum absolute atomic E-state index is 0.300. The van der Waals surface area contributed by atoms with Crippen molar-refractivity contribution >= 4 is 11.0 Å². The van der Waals surface area contributed by atoms with Crippen molar-refractivity contribution < 1.29 is 14.5 Å². The molecule has 0 atom stereocenters. The summed E-state index contributed by atoms with van der Waals surface area (Å²) in [7, 11) is 1.68. The first-order valence-corrected chi connectivity index (χ1v) is 8.06. The Balaban J connectivity index is 1.85. The number of methoxy groups -OCH3 is 1. The zero-order chi connectivity index (χ0) is 17.1. The molecule has 0 saturated carbocycles. The van der Waals surface area contributed by atoms with Crippen molar-refractivity contribution in [1.29, 1.82) is 0 Å². The molecule has 0 aliphatic heterocycles. The highest BCUT2D eigenvalue weighted by atomic mass is 16.5. The Labute approximate surface area is 141 Å². The third-order valence-corrected chi connectivity index (χ3v) is 4.37. The Bertz CT molecular complexity index is 928. The number of benzene rings is 2. The Kier molecular flexibility index (Phi) is 4.67. The molecule has 4 heteroatoms. The van der Waals surface area contributed by atoms with E-state index in [1.54, 1.807) is 13.2 Å². The standard InChI is InChI=1S/C20H21NO3/c1-13-8-17-16(10-20(22)24-19(17)9-14(13)2)12-21-11-15-6-4-5-7-18(15)23-3/h4-10,21H,11-12H2,1-3H3/p+1. The number of hydrogen-bond donors (Lipinski definition) is 1. The summed E-state index contributed by atoms with van der Waals surface area (Å²) in [6.45, 7) is 5.59. The molecule has 2 N–H and O–H groups in total. The zero-order valence-corrected chi connectivity index (χ0v) is 14.3. The Morgan fingerprint density at radius 3 is 2.50 bits per heavy atom. The third kappa shape index (κ3) is 3.34. The summed E-state index contributed by atoms with van der Waals surface area (Å²) in [6, 6.07) is 13.6. The first-order chi connectivity index (χ1) is 11.6. The molecule has 24 heavy (non-hydrogen) atoms. The number of aryl methyl sites for hydroxylation is 2. The average molecular weight is 324 g/mol. The monoisotopic (exact) mass is 324 g/mol. The molecule has 0 amide bonds. The molecule has 0 spiro atoms. The van der Waals surface area contributed by atoms with Crippen LogP contribution in [-0.4, -0.2) is 7.11 Å². The summed E-state index contributed by atoms with van der Waals surface area (Å²) in [4.78, 5) is 11.8. The van der Waals surface area contributed by atoms with Crippen LogP contribution in [0, 0.1) is 13.8 Å². The van der Waals surface area contributed by atoms with Crippen molar-refractivity contribution in [3.8, 4) is 5.75 Å². The SMILES string of the molecule is COc1ccccc1C[NH2+]Cc1cc(=O)oc2cc(C)c(C)cc12. The Morgan fingerprint density at radius 2 is 1.71 bits per heavy atom. The second kappa shape index (κ2) is 6.89. The summed E-state index contributed by atoms with van der Waals surface area (Å²) in [6.07, 6.45) is 0.